The van der Waals surface area contributed by atoms with E-state index in [0.29, 0.717) is 12.8 Å². The lowest BCUT2D eigenvalue weighted by Gasteiger charge is -2.34. The average Bonchev–Trinajstić information content (AvgIpc) is 2.42. The number of ether oxygens (including phenoxy) is 1. The second kappa shape index (κ2) is 11.6. The van der Waals surface area contributed by atoms with Crippen LogP contribution in [0.15, 0.2) is 0 Å². The van der Waals surface area contributed by atoms with Crippen LogP contribution in [-0.4, -0.2) is 38.0 Å². The molecule has 0 radical (unpaired) electrons. The highest BCUT2D eigenvalue weighted by molar-refractivity contribution is 7.55. The minimum atomic E-state index is -4.09. The van der Waals surface area contributed by atoms with Crippen molar-refractivity contribution in [2.45, 2.75) is 59.3 Å². The predicted molar refractivity (Wildman–Crippen MR) is 101 cm³/mol. The fourth-order valence-electron chi connectivity index (χ4n) is 1.38. The van der Waals surface area contributed by atoms with Crippen molar-refractivity contribution in [3.8, 4) is 0 Å². The highest BCUT2D eigenvalue weighted by atomic mass is 35.6. The molecule has 0 aromatic carbocycles. The molecular formula is C12H21Cl6O5P. The van der Waals surface area contributed by atoms with Crippen molar-refractivity contribution in [2.75, 3.05) is 13.2 Å². The molecule has 12 heteroatoms. The first-order valence-electron chi connectivity index (χ1n) is 7.24. The van der Waals surface area contributed by atoms with Gasteiger partial charge >= 0.3 is 7.60 Å². The van der Waals surface area contributed by atoms with Gasteiger partial charge < -0.3 is 18.9 Å². The largest absolute Gasteiger partial charge is 0.365 e. The Kier molecular flexibility index (Phi) is 12.5. The molecule has 5 nitrogen and oxygen atoms in total. The molecule has 146 valence electrons. The lowest BCUT2D eigenvalue weighted by atomic mass is 10.4. The van der Waals surface area contributed by atoms with Crippen LogP contribution in [0.1, 0.15) is 39.5 Å². The number of aliphatic hydroxyl groups is 1. The zero-order valence-corrected chi connectivity index (χ0v) is 18.6. The first-order chi connectivity index (χ1) is 10.9. The van der Waals surface area contributed by atoms with E-state index in [1.807, 2.05) is 13.8 Å². The molecule has 0 aliphatic carbocycles. The van der Waals surface area contributed by atoms with Gasteiger partial charge in [0, 0.05) is 0 Å². The summed E-state index contributed by atoms with van der Waals surface area (Å²) in [6.07, 6.45) is 0.748. The SMILES string of the molecule is CCCCOP(=O)(OCCCC)C(OC(O)C(Cl)(Cl)Cl)C(Cl)(Cl)Cl. The maximum atomic E-state index is 13.1. The second-order valence-corrected chi connectivity index (χ2v) is 11.6. The van der Waals surface area contributed by atoms with Crippen molar-refractivity contribution in [1.29, 1.82) is 0 Å². The smallest absolute Gasteiger partial charge is 0.363 e. The Morgan fingerprint density at radius 2 is 1.33 bits per heavy atom. The van der Waals surface area contributed by atoms with Gasteiger partial charge in [0.1, 0.15) is 0 Å². The number of alkyl halides is 6. The Hall–Kier alpha value is 1.81. The first-order valence-corrected chi connectivity index (χ1v) is 11.1. The molecule has 1 N–H and O–H groups in total. The van der Waals surface area contributed by atoms with E-state index >= 15 is 0 Å². The topological polar surface area (TPSA) is 65.0 Å². The second-order valence-electron chi connectivity index (χ2n) is 4.84. The van der Waals surface area contributed by atoms with Crippen LogP contribution >= 0.6 is 77.2 Å². The van der Waals surface area contributed by atoms with E-state index in [-0.39, 0.29) is 13.2 Å². The Labute approximate surface area is 172 Å². The van der Waals surface area contributed by atoms with Crippen LogP contribution in [0.25, 0.3) is 0 Å². The van der Waals surface area contributed by atoms with Crippen molar-refractivity contribution in [2.24, 2.45) is 0 Å². The summed E-state index contributed by atoms with van der Waals surface area (Å²) in [5, 5.41) is 9.80. The van der Waals surface area contributed by atoms with E-state index in [0.717, 1.165) is 12.8 Å². The highest BCUT2D eigenvalue weighted by Crippen LogP contribution is 2.61. The third-order valence-electron chi connectivity index (χ3n) is 2.64. The van der Waals surface area contributed by atoms with Gasteiger partial charge in [-0.2, -0.15) is 0 Å². The van der Waals surface area contributed by atoms with Crippen molar-refractivity contribution < 1.29 is 23.5 Å². The van der Waals surface area contributed by atoms with E-state index < -0.39 is 27.3 Å². The minimum Gasteiger partial charge on any atom is -0.365 e. The monoisotopic (exact) mass is 486 g/mol. The van der Waals surface area contributed by atoms with E-state index in [1.165, 1.54) is 0 Å². The molecule has 0 amide bonds. The van der Waals surface area contributed by atoms with E-state index in [9.17, 15) is 9.67 Å². The Morgan fingerprint density at radius 3 is 1.62 bits per heavy atom. The summed E-state index contributed by atoms with van der Waals surface area (Å²) in [6, 6.07) is 0. The summed E-state index contributed by atoms with van der Waals surface area (Å²) < 4.78 is 24.3. The Bertz CT molecular complexity index is 386. The number of halogens is 6. The molecule has 0 fully saturated rings. The molecule has 2 atom stereocenters. The lowest BCUT2D eigenvalue weighted by Crippen LogP contribution is -2.39. The molecule has 0 aliphatic heterocycles. The zero-order valence-electron chi connectivity index (χ0n) is 13.2. The highest BCUT2D eigenvalue weighted by Gasteiger charge is 2.53. The van der Waals surface area contributed by atoms with Crippen LogP contribution in [0, 0.1) is 0 Å². The van der Waals surface area contributed by atoms with Crippen LogP contribution in [0.5, 0.6) is 0 Å². The van der Waals surface area contributed by atoms with Crippen LogP contribution in [-0.2, 0) is 18.3 Å². The molecule has 0 saturated heterocycles. The summed E-state index contributed by atoms with van der Waals surface area (Å²) in [4.78, 5) is 0. The molecule has 0 spiro atoms. The number of hydrogen-bond donors (Lipinski definition) is 1. The molecule has 2 unspecified atom stereocenters. The number of unbranched alkanes of at least 4 members (excludes halogenated alkanes) is 2. The summed E-state index contributed by atoms with van der Waals surface area (Å²) in [5.74, 6) is -1.78. The summed E-state index contributed by atoms with van der Waals surface area (Å²) in [6.45, 7) is 4.01. The number of hydrogen-bond acceptors (Lipinski definition) is 5. The fraction of sp³-hybridized carbons (Fsp3) is 1.00. The quantitative estimate of drug-likeness (QED) is 0.162. The first kappa shape index (κ1) is 25.8. The van der Waals surface area contributed by atoms with Gasteiger partial charge in [-0.3, -0.25) is 4.57 Å². The van der Waals surface area contributed by atoms with Crippen LogP contribution < -0.4 is 0 Å². The van der Waals surface area contributed by atoms with Crippen LogP contribution in [0.3, 0.4) is 0 Å². The average molecular weight is 489 g/mol. The maximum Gasteiger partial charge on any atom is 0.363 e. The van der Waals surface area contributed by atoms with Crippen molar-refractivity contribution in [1.82, 2.24) is 0 Å². The third-order valence-corrected chi connectivity index (χ3v) is 6.42. The van der Waals surface area contributed by atoms with Crippen molar-refractivity contribution in [3.05, 3.63) is 0 Å². The molecule has 0 bridgehead atoms. The predicted octanol–water partition coefficient (Wildman–Crippen LogP) is 6.21. The van der Waals surface area contributed by atoms with Gasteiger partial charge in [0.25, 0.3) is 0 Å². The number of rotatable bonds is 11. The van der Waals surface area contributed by atoms with Gasteiger partial charge in [-0.05, 0) is 12.8 Å². The summed E-state index contributed by atoms with van der Waals surface area (Å²) in [5.41, 5.74) is 0. The van der Waals surface area contributed by atoms with E-state index in [1.54, 1.807) is 0 Å². The lowest BCUT2D eigenvalue weighted by molar-refractivity contribution is -0.115. The fourth-order valence-corrected chi connectivity index (χ4v) is 4.49. The molecule has 0 heterocycles. The van der Waals surface area contributed by atoms with Crippen LogP contribution in [0.2, 0.25) is 0 Å². The molecule has 0 aromatic heterocycles. The summed E-state index contributed by atoms with van der Waals surface area (Å²) >= 11 is 34.1. The zero-order chi connectivity index (χ0) is 19.0. The number of aliphatic hydroxyl groups excluding tert-OH is 1. The van der Waals surface area contributed by atoms with Crippen LogP contribution in [0.4, 0.5) is 0 Å². The minimum absolute atomic E-state index is 0.0877. The van der Waals surface area contributed by atoms with Gasteiger partial charge in [-0.25, -0.2) is 0 Å². The molecule has 0 rings (SSSR count). The van der Waals surface area contributed by atoms with Gasteiger partial charge in [0.2, 0.25) is 19.7 Å². The summed E-state index contributed by atoms with van der Waals surface area (Å²) in [7, 11) is -4.09. The molecule has 0 saturated carbocycles. The van der Waals surface area contributed by atoms with Crippen molar-refractivity contribution >= 4 is 77.2 Å². The molecule has 24 heavy (non-hydrogen) atoms. The third kappa shape index (κ3) is 9.66. The Balaban J connectivity index is 5.43. The van der Waals surface area contributed by atoms with Gasteiger partial charge in [0.15, 0.2) is 0 Å². The van der Waals surface area contributed by atoms with Crippen molar-refractivity contribution in [3.63, 3.8) is 0 Å². The normalized spacial score (nSPS) is 16.2. The van der Waals surface area contributed by atoms with Gasteiger partial charge in [-0.1, -0.05) is 96.3 Å². The molecule has 0 aliphatic rings. The van der Waals surface area contributed by atoms with Gasteiger partial charge in [-0.15, -0.1) is 0 Å². The van der Waals surface area contributed by atoms with Gasteiger partial charge in [0.05, 0.1) is 13.2 Å². The molecule has 0 aromatic rings. The maximum absolute atomic E-state index is 13.1. The Morgan fingerprint density at radius 1 is 0.917 bits per heavy atom. The molecular weight excluding hydrogens is 468 g/mol. The standard InChI is InChI=1S/C12H21Cl6O5P/c1-3-5-7-21-24(20,22-8-6-4-2)10(12(16,17)18)23-9(19)11(13,14)15/h9-10,19H,3-8H2,1-2H3. The van der Waals surface area contributed by atoms with E-state index in [4.69, 9.17) is 83.4 Å². The van der Waals surface area contributed by atoms with E-state index in [2.05, 4.69) is 0 Å².